The number of carbonyl (C=O) groups excluding carboxylic acids is 1. The van der Waals surface area contributed by atoms with Gasteiger partial charge in [0, 0.05) is 31.9 Å². The number of nitrogens with zero attached hydrogens (tertiary/aromatic N) is 2. The van der Waals surface area contributed by atoms with Gasteiger partial charge in [0.15, 0.2) is 0 Å². The van der Waals surface area contributed by atoms with Gasteiger partial charge in [-0.1, -0.05) is 0 Å². The molecular formula is C13H15F2N3O3S. The monoisotopic (exact) mass is 331 g/mol. The van der Waals surface area contributed by atoms with Crippen LogP contribution in [0.2, 0.25) is 0 Å². The van der Waals surface area contributed by atoms with Crippen LogP contribution in [0.3, 0.4) is 0 Å². The van der Waals surface area contributed by atoms with Crippen molar-refractivity contribution in [1.29, 1.82) is 0 Å². The second-order valence-corrected chi connectivity index (χ2v) is 7.72. The number of sulfonamides is 1. The van der Waals surface area contributed by atoms with Crippen molar-refractivity contribution in [2.24, 2.45) is 5.41 Å². The molecule has 120 valence electrons. The maximum atomic E-state index is 14.1. The lowest BCUT2D eigenvalue weighted by molar-refractivity contribution is -0.142. The summed E-state index contributed by atoms with van der Waals surface area (Å²) in [5.74, 6) is -3.74. The van der Waals surface area contributed by atoms with Gasteiger partial charge in [-0.3, -0.25) is 9.78 Å². The van der Waals surface area contributed by atoms with Crippen molar-refractivity contribution in [3.8, 4) is 0 Å². The van der Waals surface area contributed by atoms with Gasteiger partial charge in [0.05, 0.1) is 12.0 Å². The molecule has 22 heavy (non-hydrogen) atoms. The van der Waals surface area contributed by atoms with Crippen LogP contribution in [0.5, 0.6) is 0 Å². The van der Waals surface area contributed by atoms with E-state index in [0.29, 0.717) is 4.31 Å². The van der Waals surface area contributed by atoms with Crippen LogP contribution in [-0.2, 0) is 14.8 Å². The van der Waals surface area contributed by atoms with Crippen molar-refractivity contribution >= 4 is 15.9 Å². The first-order valence-corrected chi connectivity index (χ1v) is 8.26. The Bertz CT molecular complexity index is 696. The zero-order valence-corrected chi connectivity index (χ0v) is 12.4. The Balaban J connectivity index is 1.99. The quantitative estimate of drug-likeness (QED) is 0.861. The zero-order chi connectivity index (χ0) is 16.0. The molecule has 9 heteroatoms. The minimum atomic E-state index is -4.11. The fourth-order valence-corrected chi connectivity index (χ4v) is 4.63. The lowest BCUT2D eigenvalue weighted by atomic mass is 9.78. The number of halogens is 2. The van der Waals surface area contributed by atoms with Crippen LogP contribution in [0, 0.1) is 5.41 Å². The van der Waals surface area contributed by atoms with Gasteiger partial charge in [0.25, 0.3) is 5.92 Å². The molecule has 2 fully saturated rings. The van der Waals surface area contributed by atoms with E-state index in [2.05, 4.69) is 10.3 Å². The number of piperidine rings is 1. The number of alkyl halides is 2. The average molecular weight is 331 g/mol. The predicted molar refractivity (Wildman–Crippen MR) is 72.6 cm³/mol. The summed E-state index contributed by atoms with van der Waals surface area (Å²) >= 11 is 0. The minimum Gasteiger partial charge on any atom is -0.356 e. The van der Waals surface area contributed by atoms with E-state index in [1.54, 1.807) is 0 Å². The van der Waals surface area contributed by atoms with Gasteiger partial charge in [-0.05, 0) is 18.6 Å². The molecule has 0 bridgehead atoms. The SMILES string of the molecule is O=C1NCC[C@]12CN(S(=O)(=O)c1cccnc1)CC(F)(F)C2. The summed E-state index contributed by atoms with van der Waals surface area (Å²) in [5, 5.41) is 2.52. The van der Waals surface area contributed by atoms with Crippen molar-refractivity contribution in [1.82, 2.24) is 14.6 Å². The number of hydrogen-bond acceptors (Lipinski definition) is 4. The molecule has 0 saturated carbocycles. The molecule has 0 unspecified atom stereocenters. The van der Waals surface area contributed by atoms with E-state index in [9.17, 15) is 22.0 Å². The summed E-state index contributed by atoms with van der Waals surface area (Å²) in [6.45, 7) is -0.861. The van der Waals surface area contributed by atoms with Crippen LogP contribution in [0.25, 0.3) is 0 Å². The molecule has 1 spiro atoms. The number of carbonyl (C=O) groups is 1. The third kappa shape index (κ3) is 2.48. The van der Waals surface area contributed by atoms with Crippen LogP contribution < -0.4 is 5.32 Å². The summed E-state index contributed by atoms with van der Waals surface area (Å²) in [7, 11) is -4.11. The van der Waals surface area contributed by atoms with Gasteiger partial charge in [0.2, 0.25) is 15.9 Å². The second kappa shape index (κ2) is 4.95. The first kappa shape index (κ1) is 15.3. The summed E-state index contributed by atoms with van der Waals surface area (Å²) in [5.41, 5.74) is -1.35. The minimum absolute atomic E-state index is 0.152. The Kier molecular flexibility index (Phi) is 3.44. The maximum absolute atomic E-state index is 14.1. The number of pyridine rings is 1. The lowest BCUT2D eigenvalue weighted by Crippen LogP contribution is -2.56. The third-order valence-corrected chi connectivity index (χ3v) is 5.90. The molecule has 3 rings (SSSR count). The number of nitrogens with one attached hydrogen (secondary N) is 1. The van der Waals surface area contributed by atoms with Crippen LogP contribution in [-0.4, -0.2) is 49.2 Å². The van der Waals surface area contributed by atoms with Gasteiger partial charge >= 0.3 is 0 Å². The van der Waals surface area contributed by atoms with E-state index in [1.807, 2.05) is 0 Å². The Morgan fingerprint density at radius 1 is 1.32 bits per heavy atom. The molecule has 1 aromatic rings. The van der Waals surface area contributed by atoms with E-state index < -0.39 is 40.2 Å². The third-order valence-electron chi connectivity index (χ3n) is 4.13. The molecule has 2 saturated heterocycles. The van der Waals surface area contributed by atoms with Crippen molar-refractivity contribution < 1.29 is 22.0 Å². The molecule has 0 aromatic carbocycles. The Labute approximate surface area is 126 Å². The summed E-state index contributed by atoms with van der Waals surface area (Å²) < 4.78 is 53.9. The number of hydrogen-bond donors (Lipinski definition) is 1. The van der Waals surface area contributed by atoms with E-state index >= 15 is 0 Å². The van der Waals surface area contributed by atoms with E-state index in [4.69, 9.17) is 0 Å². The first-order chi connectivity index (χ1) is 10.3. The summed E-state index contributed by atoms with van der Waals surface area (Å²) in [4.78, 5) is 15.5. The Hall–Kier alpha value is -1.61. The molecule has 1 amide bonds. The Morgan fingerprint density at radius 2 is 2.09 bits per heavy atom. The molecular weight excluding hydrogens is 316 g/mol. The molecule has 2 aliphatic rings. The molecule has 3 heterocycles. The molecule has 1 aromatic heterocycles. The number of rotatable bonds is 2. The summed E-state index contributed by atoms with van der Waals surface area (Å²) in [6, 6.07) is 2.73. The van der Waals surface area contributed by atoms with E-state index in [0.717, 1.165) is 6.20 Å². The van der Waals surface area contributed by atoms with E-state index in [-0.39, 0.29) is 24.4 Å². The van der Waals surface area contributed by atoms with Crippen molar-refractivity contribution in [3.63, 3.8) is 0 Å². The van der Waals surface area contributed by atoms with Gasteiger partial charge in [-0.2, -0.15) is 4.31 Å². The van der Waals surface area contributed by atoms with Crippen molar-refractivity contribution in [3.05, 3.63) is 24.5 Å². The smallest absolute Gasteiger partial charge is 0.262 e. The van der Waals surface area contributed by atoms with E-state index in [1.165, 1.54) is 18.3 Å². The predicted octanol–water partition coefficient (Wildman–Crippen LogP) is 0.618. The van der Waals surface area contributed by atoms with Gasteiger partial charge < -0.3 is 5.32 Å². The fraction of sp³-hybridized carbons (Fsp3) is 0.538. The largest absolute Gasteiger partial charge is 0.356 e. The van der Waals surface area contributed by atoms with Crippen LogP contribution in [0.1, 0.15) is 12.8 Å². The zero-order valence-electron chi connectivity index (χ0n) is 11.6. The van der Waals surface area contributed by atoms with Gasteiger partial charge in [-0.15, -0.1) is 0 Å². The van der Waals surface area contributed by atoms with Gasteiger partial charge in [0.1, 0.15) is 4.90 Å². The fourth-order valence-electron chi connectivity index (χ4n) is 3.11. The van der Waals surface area contributed by atoms with Crippen molar-refractivity contribution in [2.75, 3.05) is 19.6 Å². The van der Waals surface area contributed by atoms with Crippen LogP contribution >= 0.6 is 0 Å². The lowest BCUT2D eigenvalue weighted by Gasteiger charge is -2.41. The first-order valence-electron chi connectivity index (χ1n) is 6.82. The number of amides is 1. The normalized spacial score (nSPS) is 28.7. The molecule has 1 atom stereocenters. The van der Waals surface area contributed by atoms with Crippen LogP contribution in [0.15, 0.2) is 29.4 Å². The molecule has 2 aliphatic heterocycles. The summed E-state index contributed by atoms with van der Waals surface area (Å²) in [6.07, 6.45) is 2.10. The molecule has 6 nitrogen and oxygen atoms in total. The maximum Gasteiger partial charge on any atom is 0.262 e. The highest BCUT2D eigenvalue weighted by atomic mass is 32.2. The molecule has 0 aliphatic carbocycles. The molecule has 1 N–H and O–H groups in total. The second-order valence-electron chi connectivity index (χ2n) is 5.78. The standard InChI is InChI=1S/C13H15F2N3O3S/c14-13(15)7-12(3-5-17-11(12)19)8-18(9-13)22(20,21)10-2-1-4-16-6-10/h1-2,4,6H,3,5,7-9H2,(H,17,19)/t12-/m0/s1. The number of aromatic nitrogens is 1. The highest BCUT2D eigenvalue weighted by molar-refractivity contribution is 7.89. The molecule has 0 radical (unpaired) electrons. The highest BCUT2D eigenvalue weighted by Gasteiger charge is 2.57. The Morgan fingerprint density at radius 3 is 2.68 bits per heavy atom. The van der Waals surface area contributed by atoms with Crippen LogP contribution in [0.4, 0.5) is 8.78 Å². The highest BCUT2D eigenvalue weighted by Crippen LogP contribution is 2.44. The van der Waals surface area contributed by atoms with Gasteiger partial charge in [-0.25, -0.2) is 17.2 Å². The van der Waals surface area contributed by atoms with Crippen molar-refractivity contribution in [2.45, 2.75) is 23.7 Å². The average Bonchev–Trinajstić information content (AvgIpc) is 2.78. The topological polar surface area (TPSA) is 79.4 Å².